The van der Waals surface area contributed by atoms with Gasteiger partial charge in [-0.2, -0.15) is 4.98 Å². The number of benzene rings is 1. The van der Waals surface area contributed by atoms with E-state index in [-0.39, 0.29) is 17.0 Å². The van der Waals surface area contributed by atoms with Crippen molar-refractivity contribution in [3.05, 3.63) is 46.1 Å². The van der Waals surface area contributed by atoms with E-state index in [0.717, 1.165) is 5.69 Å². The topological polar surface area (TPSA) is 123 Å². The van der Waals surface area contributed by atoms with Crippen molar-refractivity contribution in [2.24, 2.45) is 0 Å². The molecule has 9 heteroatoms. The third kappa shape index (κ3) is 6.69. The van der Waals surface area contributed by atoms with Crippen LogP contribution < -0.4 is 10.6 Å². The molecule has 0 spiro atoms. The van der Waals surface area contributed by atoms with Crippen LogP contribution in [0.5, 0.6) is 0 Å². The van der Waals surface area contributed by atoms with Gasteiger partial charge in [-0.1, -0.05) is 25.9 Å². The third-order valence-corrected chi connectivity index (χ3v) is 3.79. The normalized spacial score (nSPS) is 11.2. The molecular formula is C18H25N5O4. The van der Waals surface area contributed by atoms with Crippen molar-refractivity contribution in [3.8, 4) is 0 Å². The number of hydrogen-bond donors (Lipinski definition) is 2. The van der Waals surface area contributed by atoms with E-state index in [1.54, 1.807) is 12.1 Å². The molecule has 27 heavy (non-hydrogen) atoms. The molecule has 1 aromatic heterocycles. The van der Waals surface area contributed by atoms with E-state index in [2.05, 4.69) is 20.8 Å². The quantitative estimate of drug-likeness (QED) is 0.392. The van der Waals surface area contributed by atoms with Gasteiger partial charge in [-0.15, -0.1) is 0 Å². The van der Waals surface area contributed by atoms with Gasteiger partial charge in [0, 0.05) is 49.2 Å². The number of aryl methyl sites for hydroxylation is 1. The molecular weight excluding hydrogens is 350 g/mol. The van der Waals surface area contributed by atoms with Crippen molar-refractivity contribution in [3.63, 3.8) is 0 Å². The van der Waals surface area contributed by atoms with Gasteiger partial charge in [0.05, 0.1) is 4.92 Å². The van der Waals surface area contributed by atoms with Crippen LogP contribution in [0.25, 0.3) is 0 Å². The first-order valence-corrected chi connectivity index (χ1v) is 8.84. The molecule has 0 saturated heterocycles. The highest BCUT2D eigenvalue weighted by atomic mass is 16.6. The summed E-state index contributed by atoms with van der Waals surface area (Å²) >= 11 is 0. The second-order valence-electron chi connectivity index (χ2n) is 7.20. The second-order valence-corrected chi connectivity index (χ2v) is 7.20. The number of nitrogens with zero attached hydrogens (tertiary/aromatic N) is 3. The first-order chi connectivity index (χ1) is 12.8. The number of aromatic nitrogens is 2. The lowest BCUT2D eigenvalue weighted by atomic mass is 9.96. The highest BCUT2D eigenvalue weighted by molar-refractivity contribution is 5.75. The van der Waals surface area contributed by atoms with E-state index in [9.17, 15) is 14.9 Å². The smallest absolute Gasteiger partial charge is 0.269 e. The zero-order valence-corrected chi connectivity index (χ0v) is 15.8. The van der Waals surface area contributed by atoms with Gasteiger partial charge in [-0.3, -0.25) is 14.9 Å². The molecule has 2 N–H and O–H groups in total. The van der Waals surface area contributed by atoms with Gasteiger partial charge >= 0.3 is 0 Å². The molecule has 9 nitrogen and oxygen atoms in total. The number of carbonyl (C=O) groups is 1. The van der Waals surface area contributed by atoms with E-state index in [1.807, 2.05) is 20.8 Å². The lowest BCUT2D eigenvalue weighted by Gasteiger charge is -2.10. The number of anilines is 1. The average molecular weight is 375 g/mol. The monoisotopic (exact) mass is 375 g/mol. The number of amides is 1. The van der Waals surface area contributed by atoms with Crippen LogP contribution in [0.2, 0.25) is 0 Å². The fourth-order valence-corrected chi connectivity index (χ4v) is 2.26. The van der Waals surface area contributed by atoms with Crippen LogP contribution in [0.15, 0.2) is 28.8 Å². The van der Waals surface area contributed by atoms with Gasteiger partial charge in [0.1, 0.15) is 0 Å². The molecule has 0 atom stereocenters. The van der Waals surface area contributed by atoms with Gasteiger partial charge < -0.3 is 15.2 Å². The molecule has 2 aromatic rings. The van der Waals surface area contributed by atoms with Crippen LogP contribution in [-0.4, -0.2) is 34.1 Å². The predicted octanol–water partition coefficient (Wildman–Crippen LogP) is 2.83. The molecule has 0 bridgehead atoms. The molecule has 1 aromatic carbocycles. The number of hydrogen-bond acceptors (Lipinski definition) is 7. The first kappa shape index (κ1) is 20.3. The van der Waals surface area contributed by atoms with E-state index < -0.39 is 4.92 Å². The Bertz CT molecular complexity index is 765. The minimum absolute atomic E-state index is 0.0453. The Morgan fingerprint density at radius 1 is 1.22 bits per heavy atom. The summed E-state index contributed by atoms with van der Waals surface area (Å²) in [5.74, 6) is 1.17. The van der Waals surface area contributed by atoms with Crippen LogP contribution in [0.1, 0.15) is 45.3 Å². The maximum atomic E-state index is 11.8. The summed E-state index contributed by atoms with van der Waals surface area (Å²) in [6.07, 6.45) is 1.58. The van der Waals surface area contributed by atoms with E-state index >= 15 is 0 Å². The summed E-state index contributed by atoms with van der Waals surface area (Å²) in [6, 6.07) is 6.14. The van der Waals surface area contributed by atoms with Gasteiger partial charge in [-0.25, -0.2) is 0 Å². The zero-order valence-electron chi connectivity index (χ0n) is 15.8. The third-order valence-electron chi connectivity index (χ3n) is 3.79. The van der Waals surface area contributed by atoms with E-state index in [4.69, 9.17) is 4.52 Å². The Morgan fingerprint density at radius 2 is 1.93 bits per heavy atom. The number of non-ortho nitro benzene ring substituents is 1. The zero-order chi connectivity index (χ0) is 19.9. The lowest BCUT2D eigenvalue weighted by Crippen LogP contribution is -2.28. The van der Waals surface area contributed by atoms with Gasteiger partial charge in [-0.05, 0) is 18.6 Å². The number of nitro groups is 1. The van der Waals surface area contributed by atoms with E-state index in [1.165, 1.54) is 12.1 Å². The first-order valence-electron chi connectivity index (χ1n) is 8.84. The van der Waals surface area contributed by atoms with Crippen molar-refractivity contribution < 1.29 is 14.2 Å². The summed E-state index contributed by atoms with van der Waals surface area (Å²) in [6.45, 7) is 7.03. The molecule has 0 aliphatic carbocycles. The SMILES string of the molecule is CC(C)(C)c1noc(CCCC(=O)NCCNc2ccc([N+](=O)[O-])cc2)n1. The lowest BCUT2D eigenvalue weighted by molar-refractivity contribution is -0.384. The number of rotatable bonds is 9. The second kappa shape index (κ2) is 9.11. The Kier molecular flexibility index (Phi) is 6.86. The van der Waals surface area contributed by atoms with Crippen LogP contribution >= 0.6 is 0 Å². The number of nitro benzene ring substituents is 1. The molecule has 0 unspecified atom stereocenters. The predicted molar refractivity (Wildman–Crippen MR) is 101 cm³/mol. The average Bonchev–Trinajstić information content (AvgIpc) is 3.08. The Balaban J connectivity index is 1.61. The van der Waals surface area contributed by atoms with Crippen LogP contribution in [-0.2, 0) is 16.6 Å². The molecule has 146 valence electrons. The highest BCUT2D eigenvalue weighted by Crippen LogP contribution is 2.19. The van der Waals surface area contributed by atoms with Crippen LogP contribution in [0, 0.1) is 10.1 Å². The maximum absolute atomic E-state index is 11.8. The maximum Gasteiger partial charge on any atom is 0.269 e. The standard InChI is InChI=1S/C18H25N5O4/c1-18(2,3)17-21-16(27-22-17)6-4-5-15(24)20-12-11-19-13-7-9-14(10-8-13)23(25)26/h7-10,19H,4-6,11-12H2,1-3H3,(H,20,24). The fraction of sp³-hybridized carbons (Fsp3) is 0.500. The minimum Gasteiger partial charge on any atom is -0.383 e. The molecule has 1 amide bonds. The van der Waals surface area contributed by atoms with Gasteiger partial charge in [0.15, 0.2) is 5.82 Å². The molecule has 0 radical (unpaired) electrons. The van der Waals surface area contributed by atoms with Crippen LogP contribution in [0.3, 0.4) is 0 Å². The summed E-state index contributed by atoms with van der Waals surface area (Å²) < 4.78 is 5.20. The van der Waals surface area contributed by atoms with Crippen molar-refractivity contribution in [2.75, 3.05) is 18.4 Å². The van der Waals surface area contributed by atoms with Crippen molar-refractivity contribution in [1.29, 1.82) is 0 Å². The van der Waals surface area contributed by atoms with Crippen molar-refractivity contribution >= 4 is 17.3 Å². The minimum atomic E-state index is -0.442. The molecule has 1 heterocycles. The summed E-state index contributed by atoms with van der Waals surface area (Å²) in [5, 5.41) is 20.5. The molecule has 0 saturated carbocycles. The Hall–Kier alpha value is -2.97. The number of nitrogens with one attached hydrogen (secondary N) is 2. The van der Waals surface area contributed by atoms with Crippen molar-refractivity contribution in [1.82, 2.24) is 15.5 Å². The Labute approximate surface area is 157 Å². The van der Waals surface area contributed by atoms with Crippen molar-refractivity contribution in [2.45, 2.75) is 45.4 Å². The van der Waals surface area contributed by atoms with Crippen LogP contribution in [0.4, 0.5) is 11.4 Å². The molecule has 0 fully saturated rings. The van der Waals surface area contributed by atoms with Gasteiger partial charge in [0.25, 0.3) is 5.69 Å². The fourth-order valence-electron chi connectivity index (χ4n) is 2.26. The molecule has 0 aliphatic rings. The number of carbonyl (C=O) groups excluding carboxylic acids is 1. The summed E-state index contributed by atoms with van der Waals surface area (Å²) in [4.78, 5) is 26.3. The molecule has 2 rings (SSSR count). The Morgan fingerprint density at radius 3 is 2.52 bits per heavy atom. The molecule has 0 aliphatic heterocycles. The van der Waals surface area contributed by atoms with E-state index in [0.29, 0.717) is 44.1 Å². The highest BCUT2D eigenvalue weighted by Gasteiger charge is 2.20. The summed E-state index contributed by atoms with van der Waals surface area (Å²) in [7, 11) is 0. The van der Waals surface area contributed by atoms with Gasteiger partial charge in [0.2, 0.25) is 11.8 Å². The summed E-state index contributed by atoms with van der Waals surface area (Å²) in [5.41, 5.74) is 0.654. The largest absolute Gasteiger partial charge is 0.383 e.